The summed E-state index contributed by atoms with van der Waals surface area (Å²) in [7, 11) is -3.87. The smallest absolute Gasteiger partial charge is 0.257 e. The van der Waals surface area contributed by atoms with Gasteiger partial charge in [0.2, 0.25) is 10.0 Å². The minimum absolute atomic E-state index is 0.0339. The highest BCUT2D eigenvalue weighted by Crippen LogP contribution is 2.34. The van der Waals surface area contributed by atoms with Crippen molar-refractivity contribution in [3.05, 3.63) is 58.1 Å². The summed E-state index contributed by atoms with van der Waals surface area (Å²) >= 11 is 12.3. The number of nitrogens with zero attached hydrogens (tertiary/aromatic N) is 2. The molecule has 0 aromatic heterocycles. The van der Waals surface area contributed by atoms with Crippen LogP contribution < -0.4 is 4.74 Å². The van der Waals surface area contributed by atoms with Crippen molar-refractivity contribution in [1.29, 1.82) is 0 Å². The van der Waals surface area contributed by atoms with Crippen molar-refractivity contribution in [3.8, 4) is 5.75 Å². The molecule has 1 saturated carbocycles. The molecule has 1 aliphatic carbocycles. The van der Waals surface area contributed by atoms with Crippen LogP contribution in [-0.2, 0) is 10.0 Å². The molecule has 0 spiro atoms. The molecule has 1 aliphatic heterocycles. The lowest BCUT2D eigenvalue weighted by Crippen LogP contribution is -2.51. The van der Waals surface area contributed by atoms with E-state index in [9.17, 15) is 13.2 Å². The van der Waals surface area contributed by atoms with Crippen molar-refractivity contribution in [1.82, 2.24) is 9.21 Å². The molecule has 0 N–H and O–H groups in total. The molecular formula is C26H32Cl2N2O4S. The molecule has 9 heteroatoms. The molecule has 0 radical (unpaired) electrons. The largest absolute Gasteiger partial charge is 0.488 e. The molecule has 0 bridgehead atoms. The Labute approximate surface area is 218 Å². The second kappa shape index (κ2) is 11.5. The highest BCUT2D eigenvalue weighted by Gasteiger charge is 2.39. The summed E-state index contributed by atoms with van der Waals surface area (Å²) in [5.74, 6) is 0.479. The molecule has 1 heterocycles. The van der Waals surface area contributed by atoms with Crippen LogP contribution in [0.4, 0.5) is 0 Å². The van der Waals surface area contributed by atoms with E-state index in [1.54, 1.807) is 10.4 Å². The van der Waals surface area contributed by atoms with Gasteiger partial charge in [-0.25, -0.2) is 8.42 Å². The van der Waals surface area contributed by atoms with E-state index in [2.05, 4.69) is 0 Å². The summed E-state index contributed by atoms with van der Waals surface area (Å²) in [4.78, 5) is 15.3. The van der Waals surface area contributed by atoms with Crippen LogP contribution in [-0.4, -0.2) is 55.3 Å². The van der Waals surface area contributed by atoms with Gasteiger partial charge in [-0.2, -0.15) is 4.31 Å². The summed E-state index contributed by atoms with van der Waals surface area (Å²) < 4.78 is 35.9. The van der Waals surface area contributed by atoms with Crippen molar-refractivity contribution in [3.63, 3.8) is 0 Å². The molecule has 0 unspecified atom stereocenters. The maximum Gasteiger partial charge on any atom is 0.257 e. The lowest BCUT2D eigenvalue weighted by atomic mass is 9.92. The van der Waals surface area contributed by atoms with Crippen molar-refractivity contribution in [2.24, 2.45) is 0 Å². The van der Waals surface area contributed by atoms with Crippen molar-refractivity contribution >= 4 is 39.1 Å². The Morgan fingerprint density at radius 3 is 2.40 bits per heavy atom. The SMILES string of the molecule is CCCN1CCCCN(S(=O)(=O)c2cc(Cl)cc(Cl)c2)[C@@H]2CCCC[C@@H]2Oc2ccccc2C1=O. The third-order valence-corrected chi connectivity index (χ3v) is 9.05. The minimum Gasteiger partial charge on any atom is -0.488 e. The van der Waals surface area contributed by atoms with E-state index in [1.165, 1.54) is 18.2 Å². The van der Waals surface area contributed by atoms with Gasteiger partial charge in [0.15, 0.2) is 0 Å². The van der Waals surface area contributed by atoms with E-state index >= 15 is 0 Å². The summed E-state index contributed by atoms with van der Waals surface area (Å²) in [6.07, 6.45) is 5.08. The number of fused-ring (bicyclic) bond motifs is 2. The average molecular weight is 540 g/mol. The number of sulfonamides is 1. The summed E-state index contributed by atoms with van der Waals surface area (Å²) in [6, 6.07) is 11.4. The van der Waals surface area contributed by atoms with Crippen LogP contribution in [0.3, 0.4) is 0 Å². The zero-order valence-corrected chi connectivity index (χ0v) is 22.3. The Morgan fingerprint density at radius 2 is 1.66 bits per heavy atom. The first kappa shape index (κ1) is 26.3. The Morgan fingerprint density at radius 1 is 0.971 bits per heavy atom. The molecule has 2 aromatic rings. The highest BCUT2D eigenvalue weighted by molar-refractivity contribution is 7.89. The maximum atomic E-state index is 13.9. The van der Waals surface area contributed by atoms with E-state index in [0.29, 0.717) is 56.6 Å². The van der Waals surface area contributed by atoms with Gasteiger partial charge in [-0.3, -0.25) is 4.79 Å². The number of benzene rings is 2. The second-order valence-electron chi connectivity index (χ2n) is 9.22. The first-order valence-electron chi connectivity index (χ1n) is 12.3. The van der Waals surface area contributed by atoms with E-state index in [-0.39, 0.29) is 33.0 Å². The Kier molecular flexibility index (Phi) is 8.63. The fourth-order valence-electron chi connectivity index (χ4n) is 5.06. The first-order valence-corrected chi connectivity index (χ1v) is 14.5. The molecule has 0 saturated heterocycles. The number of para-hydroxylation sites is 1. The predicted molar refractivity (Wildman–Crippen MR) is 139 cm³/mol. The van der Waals surface area contributed by atoms with Gasteiger partial charge < -0.3 is 9.64 Å². The predicted octanol–water partition coefficient (Wildman–Crippen LogP) is 6.02. The Hall–Kier alpha value is -1.80. The third-order valence-electron chi connectivity index (χ3n) is 6.71. The van der Waals surface area contributed by atoms with Crippen molar-refractivity contribution < 1.29 is 17.9 Å². The monoisotopic (exact) mass is 538 g/mol. The molecule has 1 amide bonds. The minimum atomic E-state index is -3.87. The molecule has 190 valence electrons. The quantitative estimate of drug-likeness (QED) is 0.477. The third kappa shape index (κ3) is 5.96. The number of hydrogen-bond donors (Lipinski definition) is 0. The number of rotatable bonds is 4. The van der Waals surface area contributed by atoms with Crippen LogP contribution in [0.1, 0.15) is 62.2 Å². The van der Waals surface area contributed by atoms with Crippen LogP contribution in [0, 0.1) is 0 Å². The van der Waals surface area contributed by atoms with Gasteiger partial charge in [0.1, 0.15) is 11.9 Å². The van der Waals surface area contributed by atoms with Gasteiger partial charge in [0.05, 0.1) is 16.5 Å². The van der Waals surface area contributed by atoms with E-state index in [0.717, 1.165) is 19.3 Å². The average Bonchev–Trinajstić information content (AvgIpc) is 2.82. The fourth-order valence-corrected chi connectivity index (χ4v) is 7.50. The van der Waals surface area contributed by atoms with E-state index in [4.69, 9.17) is 27.9 Å². The molecule has 2 aromatic carbocycles. The maximum absolute atomic E-state index is 13.9. The normalized spacial score (nSPS) is 22.4. The van der Waals surface area contributed by atoms with Gasteiger partial charge in [-0.15, -0.1) is 0 Å². The van der Waals surface area contributed by atoms with Gasteiger partial charge in [-0.05, 0) is 68.9 Å². The number of carbonyl (C=O) groups is 1. The molecule has 2 aliphatic rings. The fraction of sp³-hybridized carbons (Fsp3) is 0.500. The van der Waals surface area contributed by atoms with Gasteiger partial charge in [-0.1, -0.05) is 48.7 Å². The summed E-state index contributed by atoms with van der Waals surface area (Å²) in [5.41, 5.74) is 0.530. The van der Waals surface area contributed by atoms with Crippen LogP contribution in [0.15, 0.2) is 47.4 Å². The Bertz CT molecular complexity index is 1140. The Balaban J connectivity index is 1.76. The number of hydrogen-bond acceptors (Lipinski definition) is 4. The molecule has 4 rings (SSSR count). The molecule has 6 nitrogen and oxygen atoms in total. The molecule has 1 fully saturated rings. The zero-order valence-electron chi connectivity index (χ0n) is 20.0. The lowest BCUT2D eigenvalue weighted by molar-refractivity contribution is 0.0636. The van der Waals surface area contributed by atoms with Crippen molar-refractivity contribution in [2.75, 3.05) is 19.6 Å². The number of amides is 1. The lowest BCUT2D eigenvalue weighted by Gasteiger charge is -2.40. The van der Waals surface area contributed by atoms with Gasteiger partial charge in [0.25, 0.3) is 5.91 Å². The van der Waals surface area contributed by atoms with E-state index < -0.39 is 10.0 Å². The summed E-state index contributed by atoms with van der Waals surface area (Å²) in [6.45, 7) is 3.59. The number of carbonyl (C=O) groups excluding carboxylic acids is 1. The standard InChI is InChI=1S/C26H32Cl2N2O4S/c1-2-13-29-14-7-8-15-30(35(32,33)21-17-19(27)16-20(28)18-21)23-10-4-6-12-25(23)34-24-11-5-3-9-22(24)26(29)31/h3,5,9,11,16-18,23,25H,2,4,6-8,10,12-15H2,1H3/t23-,25+/m1/s1. The van der Waals surface area contributed by atoms with Crippen LogP contribution in [0.5, 0.6) is 5.75 Å². The van der Waals surface area contributed by atoms with E-state index in [1.807, 2.05) is 30.0 Å². The number of ether oxygens (including phenoxy) is 1. The van der Waals surface area contributed by atoms with Gasteiger partial charge in [0, 0.05) is 29.7 Å². The molecule has 2 atom stereocenters. The van der Waals surface area contributed by atoms with Crippen LogP contribution >= 0.6 is 23.2 Å². The highest BCUT2D eigenvalue weighted by atomic mass is 35.5. The zero-order chi connectivity index (χ0) is 25.0. The summed E-state index contributed by atoms with van der Waals surface area (Å²) in [5, 5.41) is 0.564. The van der Waals surface area contributed by atoms with Crippen LogP contribution in [0.25, 0.3) is 0 Å². The van der Waals surface area contributed by atoms with Crippen LogP contribution in [0.2, 0.25) is 10.0 Å². The second-order valence-corrected chi connectivity index (χ2v) is 12.0. The van der Waals surface area contributed by atoms with Gasteiger partial charge >= 0.3 is 0 Å². The topological polar surface area (TPSA) is 66.9 Å². The molecule has 35 heavy (non-hydrogen) atoms. The first-order chi connectivity index (χ1) is 16.8. The molecular weight excluding hydrogens is 507 g/mol. The van der Waals surface area contributed by atoms with Crippen molar-refractivity contribution in [2.45, 2.75) is 68.9 Å². The number of halogens is 2.